The van der Waals surface area contributed by atoms with Crippen molar-refractivity contribution in [2.75, 3.05) is 5.88 Å². The molecule has 1 heterocycles. The second-order valence-electron chi connectivity index (χ2n) is 4.32. The van der Waals surface area contributed by atoms with Gasteiger partial charge in [-0.1, -0.05) is 18.2 Å². The number of amides is 1. The third-order valence-corrected chi connectivity index (χ3v) is 2.98. The summed E-state index contributed by atoms with van der Waals surface area (Å²) < 4.78 is 1.35. The summed E-state index contributed by atoms with van der Waals surface area (Å²) in [4.78, 5) is 23.3. The molecule has 0 aliphatic rings. The Balaban J connectivity index is 2.24. The first-order valence-corrected chi connectivity index (χ1v) is 6.45. The lowest BCUT2D eigenvalue weighted by atomic mass is 10.2. The third kappa shape index (κ3) is 3.12. The monoisotopic (exact) mass is 279 g/mol. The van der Waals surface area contributed by atoms with Gasteiger partial charge in [0.1, 0.15) is 5.88 Å². The van der Waals surface area contributed by atoms with Crippen molar-refractivity contribution >= 4 is 28.3 Å². The number of nitrogens with one attached hydrogen (secondary N) is 1. The second-order valence-corrected chi connectivity index (χ2v) is 4.59. The van der Waals surface area contributed by atoms with E-state index >= 15 is 0 Å². The van der Waals surface area contributed by atoms with E-state index in [2.05, 4.69) is 10.4 Å². The fourth-order valence-corrected chi connectivity index (χ4v) is 1.95. The van der Waals surface area contributed by atoms with Crippen molar-refractivity contribution in [1.29, 1.82) is 0 Å². The lowest BCUT2D eigenvalue weighted by Crippen LogP contribution is -2.39. The number of halogens is 1. The Hall–Kier alpha value is -1.88. The van der Waals surface area contributed by atoms with Gasteiger partial charge in [-0.15, -0.1) is 11.6 Å². The molecule has 0 bridgehead atoms. The van der Waals surface area contributed by atoms with E-state index in [4.69, 9.17) is 11.6 Å². The van der Waals surface area contributed by atoms with Gasteiger partial charge in [-0.3, -0.25) is 9.59 Å². The Morgan fingerprint density at radius 2 is 2.21 bits per heavy atom. The minimum Gasteiger partial charge on any atom is -0.351 e. The van der Waals surface area contributed by atoms with Crippen molar-refractivity contribution in [3.8, 4) is 0 Å². The summed E-state index contributed by atoms with van der Waals surface area (Å²) in [6.07, 6.45) is 1.65. The van der Waals surface area contributed by atoms with Crippen molar-refractivity contribution in [1.82, 2.24) is 15.1 Å². The van der Waals surface area contributed by atoms with Crippen molar-refractivity contribution in [3.63, 3.8) is 0 Å². The number of aromatic nitrogens is 2. The lowest BCUT2D eigenvalue weighted by Gasteiger charge is -2.14. The van der Waals surface area contributed by atoms with Gasteiger partial charge < -0.3 is 5.32 Å². The molecule has 0 spiro atoms. The molecule has 0 saturated carbocycles. The van der Waals surface area contributed by atoms with Crippen LogP contribution in [-0.4, -0.2) is 27.6 Å². The highest BCUT2D eigenvalue weighted by molar-refractivity contribution is 6.27. The molecule has 1 aromatic carbocycles. The number of hydrogen-bond donors (Lipinski definition) is 1. The smallest absolute Gasteiger partial charge is 0.274 e. The van der Waals surface area contributed by atoms with Crippen LogP contribution in [0, 0.1) is 0 Å². The van der Waals surface area contributed by atoms with Crippen molar-refractivity contribution in [3.05, 3.63) is 40.8 Å². The first-order valence-electron chi connectivity index (χ1n) is 5.92. The SMILES string of the molecule is CC(Cn1ncc2ccccc2c1=O)NC(=O)CCl. The van der Waals surface area contributed by atoms with E-state index < -0.39 is 0 Å². The first kappa shape index (κ1) is 13.5. The molecule has 6 heteroatoms. The molecule has 1 unspecified atom stereocenters. The first-order chi connectivity index (χ1) is 9.11. The van der Waals surface area contributed by atoms with E-state index in [9.17, 15) is 9.59 Å². The summed E-state index contributed by atoms with van der Waals surface area (Å²) in [5.74, 6) is -0.354. The summed E-state index contributed by atoms with van der Waals surface area (Å²) in [5, 5.41) is 8.21. The molecule has 5 nitrogen and oxygen atoms in total. The number of benzene rings is 1. The van der Waals surface area contributed by atoms with Gasteiger partial charge in [0.2, 0.25) is 5.91 Å². The summed E-state index contributed by atoms with van der Waals surface area (Å²) in [7, 11) is 0. The second kappa shape index (κ2) is 5.84. The molecule has 0 saturated heterocycles. The van der Waals surface area contributed by atoms with Crippen LogP contribution in [0.4, 0.5) is 0 Å². The maximum atomic E-state index is 12.2. The molecule has 1 aromatic heterocycles. The van der Waals surface area contributed by atoms with Crippen LogP contribution in [0.1, 0.15) is 6.92 Å². The molecule has 0 aliphatic carbocycles. The van der Waals surface area contributed by atoms with Crippen molar-refractivity contribution in [2.45, 2.75) is 19.5 Å². The molecule has 2 rings (SSSR count). The maximum Gasteiger partial charge on any atom is 0.274 e. The maximum absolute atomic E-state index is 12.2. The predicted octanol–water partition coefficient (Wildman–Crippen LogP) is 1.14. The molecule has 0 radical (unpaired) electrons. The fraction of sp³-hybridized carbons (Fsp3) is 0.308. The largest absolute Gasteiger partial charge is 0.351 e. The van der Waals surface area contributed by atoms with E-state index in [-0.39, 0.29) is 23.4 Å². The number of alkyl halides is 1. The topological polar surface area (TPSA) is 64.0 Å². The number of nitrogens with zero attached hydrogens (tertiary/aromatic N) is 2. The number of hydrogen-bond acceptors (Lipinski definition) is 3. The summed E-state index contributed by atoms with van der Waals surface area (Å²) in [5.41, 5.74) is -0.162. The van der Waals surface area contributed by atoms with Crippen LogP contribution in [-0.2, 0) is 11.3 Å². The highest BCUT2D eigenvalue weighted by Gasteiger charge is 2.10. The number of rotatable bonds is 4. The lowest BCUT2D eigenvalue weighted by molar-refractivity contribution is -0.119. The fourth-order valence-electron chi connectivity index (χ4n) is 1.88. The normalized spacial score (nSPS) is 12.3. The van der Waals surface area contributed by atoms with Crippen LogP contribution in [0.3, 0.4) is 0 Å². The highest BCUT2D eigenvalue weighted by atomic mass is 35.5. The predicted molar refractivity (Wildman–Crippen MR) is 74.3 cm³/mol. The zero-order valence-corrected chi connectivity index (χ0v) is 11.2. The van der Waals surface area contributed by atoms with Crippen LogP contribution in [0.2, 0.25) is 0 Å². The van der Waals surface area contributed by atoms with Crippen LogP contribution in [0.25, 0.3) is 10.8 Å². The van der Waals surface area contributed by atoms with Gasteiger partial charge in [0.25, 0.3) is 5.56 Å². The number of carbonyl (C=O) groups excluding carboxylic acids is 1. The van der Waals surface area contributed by atoms with Gasteiger partial charge in [-0.05, 0) is 13.0 Å². The quantitative estimate of drug-likeness (QED) is 0.854. The highest BCUT2D eigenvalue weighted by Crippen LogP contribution is 2.06. The molecule has 0 aliphatic heterocycles. The molecular formula is C13H14ClN3O2. The minimum absolute atomic E-state index is 0.0929. The Morgan fingerprint density at radius 3 is 2.95 bits per heavy atom. The average Bonchev–Trinajstić information content (AvgIpc) is 2.42. The Labute approximate surface area is 115 Å². The minimum atomic E-state index is -0.261. The van der Waals surface area contributed by atoms with Crippen molar-refractivity contribution in [2.24, 2.45) is 0 Å². The summed E-state index contributed by atoms with van der Waals surface area (Å²) >= 11 is 5.41. The van der Waals surface area contributed by atoms with E-state index in [0.29, 0.717) is 11.9 Å². The van der Waals surface area contributed by atoms with E-state index in [1.165, 1.54) is 4.68 Å². The molecular weight excluding hydrogens is 266 g/mol. The molecule has 100 valence electrons. The van der Waals surface area contributed by atoms with Gasteiger partial charge in [0.05, 0.1) is 18.1 Å². The summed E-state index contributed by atoms with van der Waals surface area (Å²) in [6, 6.07) is 7.06. The zero-order valence-electron chi connectivity index (χ0n) is 10.5. The van der Waals surface area contributed by atoms with Crippen LogP contribution in [0.15, 0.2) is 35.3 Å². The summed E-state index contributed by atoms with van der Waals surface area (Å²) in [6.45, 7) is 2.11. The van der Waals surface area contributed by atoms with Gasteiger partial charge in [-0.2, -0.15) is 5.10 Å². The third-order valence-electron chi connectivity index (χ3n) is 2.74. The Kier molecular flexibility index (Phi) is 4.16. The molecule has 2 aromatic rings. The average molecular weight is 280 g/mol. The van der Waals surface area contributed by atoms with Gasteiger partial charge >= 0.3 is 0 Å². The standard InChI is InChI=1S/C13H14ClN3O2/c1-9(16-12(18)6-14)8-17-13(19)11-5-3-2-4-10(11)7-15-17/h2-5,7,9H,6,8H2,1H3,(H,16,18). The Bertz CT molecular complexity index is 654. The molecule has 0 fully saturated rings. The van der Waals surface area contributed by atoms with Gasteiger partial charge in [0.15, 0.2) is 0 Å². The molecule has 1 amide bonds. The Morgan fingerprint density at radius 1 is 1.47 bits per heavy atom. The van der Waals surface area contributed by atoms with Crippen molar-refractivity contribution < 1.29 is 4.79 Å². The number of fused-ring (bicyclic) bond motifs is 1. The van der Waals surface area contributed by atoms with Crippen LogP contribution < -0.4 is 10.9 Å². The molecule has 1 atom stereocenters. The van der Waals surface area contributed by atoms with Gasteiger partial charge in [0, 0.05) is 11.4 Å². The van der Waals surface area contributed by atoms with E-state index in [0.717, 1.165) is 5.39 Å². The van der Waals surface area contributed by atoms with Gasteiger partial charge in [-0.25, -0.2) is 4.68 Å². The van der Waals surface area contributed by atoms with E-state index in [1.54, 1.807) is 19.2 Å². The van der Waals surface area contributed by atoms with Crippen LogP contribution >= 0.6 is 11.6 Å². The molecule has 1 N–H and O–H groups in total. The molecule has 19 heavy (non-hydrogen) atoms. The number of carbonyl (C=O) groups is 1. The van der Waals surface area contributed by atoms with Crippen LogP contribution in [0.5, 0.6) is 0 Å². The zero-order chi connectivity index (χ0) is 13.8. The van der Waals surface area contributed by atoms with E-state index in [1.807, 2.05) is 18.2 Å².